The minimum absolute atomic E-state index is 0.0755. The van der Waals surface area contributed by atoms with Gasteiger partial charge in [0.2, 0.25) is 5.91 Å². The number of unbranched alkanes of at least 4 members (excludes halogenated alkanes) is 35. The molecule has 3 N–H and O–H groups in total. The second-order valence-corrected chi connectivity index (χ2v) is 17.2. The van der Waals surface area contributed by atoms with Crippen molar-refractivity contribution < 1.29 is 15.0 Å². The summed E-state index contributed by atoms with van der Waals surface area (Å²) in [6.45, 7) is 4.32. The van der Waals surface area contributed by atoms with E-state index in [0.29, 0.717) is 6.42 Å². The average molecular weight is 786 g/mol. The van der Waals surface area contributed by atoms with Crippen LogP contribution in [0.4, 0.5) is 0 Å². The molecule has 0 saturated heterocycles. The molecule has 56 heavy (non-hydrogen) atoms. The lowest BCUT2D eigenvalue weighted by molar-refractivity contribution is -0.123. The summed E-state index contributed by atoms with van der Waals surface area (Å²) in [5.74, 6) is -0.0755. The molecule has 0 rings (SSSR count). The SMILES string of the molecule is CCCCCCCCCCCCC/C=C\CCCCCCCCCC(=O)NC(CO)C(O)/C=C/CC/C=C/CCCCCCCCCCCCCCCCCC. The lowest BCUT2D eigenvalue weighted by Crippen LogP contribution is -2.45. The first-order valence-electron chi connectivity index (χ1n) is 25.2. The zero-order valence-corrected chi connectivity index (χ0v) is 37.9. The largest absolute Gasteiger partial charge is 0.394 e. The van der Waals surface area contributed by atoms with Gasteiger partial charge in [-0.1, -0.05) is 243 Å². The Bertz CT molecular complexity index is 851. The van der Waals surface area contributed by atoms with E-state index >= 15 is 0 Å². The first-order chi connectivity index (χ1) is 27.7. The zero-order chi connectivity index (χ0) is 40.7. The zero-order valence-electron chi connectivity index (χ0n) is 37.9. The van der Waals surface area contributed by atoms with Gasteiger partial charge in [-0.15, -0.1) is 0 Å². The van der Waals surface area contributed by atoms with Gasteiger partial charge >= 0.3 is 0 Å². The third kappa shape index (κ3) is 43.7. The van der Waals surface area contributed by atoms with Gasteiger partial charge in [-0.3, -0.25) is 4.79 Å². The molecule has 0 aliphatic rings. The van der Waals surface area contributed by atoms with Crippen LogP contribution in [0.25, 0.3) is 0 Å². The molecule has 0 heterocycles. The normalized spacial score (nSPS) is 13.1. The molecule has 0 aliphatic heterocycles. The van der Waals surface area contributed by atoms with Gasteiger partial charge < -0.3 is 15.5 Å². The Morgan fingerprint density at radius 3 is 1.04 bits per heavy atom. The Morgan fingerprint density at radius 1 is 0.411 bits per heavy atom. The van der Waals surface area contributed by atoms with Crippen molar-refractivity contribution in [3.63, 3.8) is 0 Å². The Hall–Kier alpha value is -1.39. The lowest BCUT2D eigenvalue weighted by atomic mass is 10.0. The van der Waals surface area contributed by atoms with Gasteiger partial charge in [0.25, 0.3) is 0 Å². The van der Waals surface area contributed by atoms with Gasteiger partial charge in [0.1, 0.15) is 0 Å². The maximum Gasteiger partial charge on any atom is 0.220 e. The number of aliphatic hydroxyl groups excluding tert-OH is 2. The number of hydrogen-bond acceptors (Lipinski definition) is 3. The van der Waals surface area contributed by atoms with Crippen molar-refractivity contribution in [3.8, 4) is 0 Å². The molecule has 2 atom stereocenters. The molecule has 2 unspecified atom stereocenters. The maximum atomic E-state index is 12.4. The predicted octanol–water partition coefficient (Wildman–Crippen LogP) is 16.1. The van der Waals surface area contributed by atoms with Gasteiger partial charge in [0.05, 0.1) is 18.8 Å². The van der Waals surface area contributed by atoms with Crippen LogP contribution in [0, 0.1) is 0 Å². The van der Waals surface area contributed by atoms with Crippen molar-refractivity contribution in [2.45, 2.75) is 283 Å². The first-order valence-corrected chi connectivity index (χ1v) is 25.2. The Morgan fingerprint density at radius 2 is 0.696 bits per heavy atom. The van der Waals surface area contributed by atoms with Crippen LogP contribution in [0.3, 0.4) is 0 Å². The predicted molar refractivity (Wildman–Crippen MR) is 248 cm³/mol. The smallest absolute Gasteiger partial charge is 0.220 e. The van der Waals surface area contributed by atoms with Crippen LogP contribution in [-0.2, 0) is 4.79 Å². The van der Waals surface area contributed by atoms with E-state index in [-0.39, 0.29) is 12.5 Å². The average Bonchev–Trinajstić information content (AvgIpc) is 3.20. The summed E-state index contributed by atoms with van der Waals surface area (Å²) in [6.07, 6.45) is 64.2. The van der Waals surface area contributed by atoms with Crippen LogP contribution in [0.15, 0.2) is 36.5 Å². The number of hydrogen-bond donors (Lipinski definition) is 3. The van der Waals surface area contributed by atoms with Crippen molar-refractivity contribution in [3.05, 3.63) is 36.5 Å². The molecule has 4 nitrogen and oxygen atoms in total. The molecule has 0 aromatic carbocycles. The van der Waals surface area contributed by atoms with E-state index in [1.807, 2.05) is 6.08 Å². The molecule has 0 aromatic rings. The molecule has 0 fully saturated rings. The topological polar surface area (TPSA) is 69.6 Å². The first kappa shape index (κ1) is 54.6. The highest BCUT2D eigenvalue weighted by molar-refractivity contribution is 5.76. The molecule has 1 amide bonds. The molecule has 330 valence electrons. The monoisotopic (exact) mass is 786 g/mol. The van der Waals surface area contributed by atoms with Crippen molar-refractivity contribution in [2.24, 2.45) is 0 Å². The summed E-state index contributed by atoms with van der Waals surface area (Å²) < 4.78 is 0. The van der Waals surface area contributed by atoms with E-state index in [1.165, 1.54) is 218 Å². The highest BCUT2D eigenvalue weighted by Gasteiger charge is 2.17. The van der Waals surface area contributed by atoms with E-state index < -0.39 is 12.1 Å². The summed E-state index contributed by atoms with van der Waals surface area (Å²) in [4.78, 5) is 12.4. The fraction of sp³-hybridized carbons (Fsp3) is 0.865. The fourth-order valence-electron chi connectivity index (χ4n) is 7.72. The molecule has 0 spiro atoms. The summed E-state index contributed by atoms with van der Waals surface area (Å²) in [6, 6.07) is -0.641. The third-order valence-electron chi connectivity index (χ3n) is 11.6. The number of aliphatic hydroxyl groups is 2. The molecule has 4 heteroatoms. The van der Waals surface area contributed by atoms with Crippen LogP contribution in [0.1, 0.15) is 271 Å². The van der Waals surface area contributed by atoms with Gasteiger partial charge in [-0.2, -0.15) is 0 Å². The second kappa shape index (κ2) is 48.0. The number of carbonyl (C=O) groups is 1. The standard InChI is InChI=1S/C52H99NO3/c1-3-5-7-9-11-13-15-17-19-21-23-25-27-29-31-33-35-37-39-41-43-45-47-51(55)50(49-54)53-52(56)48-46-44-42-40-38-36-34-32-30-28-26-24-22-20-18-16-14-12-10-8-6-4-2/h28,30,37,39,45,47,50-51,54-55H,3-27,29,31-36,38,40-44,46,48-49H2,1-2H3,(H,53,56)/b30-28-,39-37+,47-45+. The third-order valence-corrected chi connectivity index (χ3v) is 11.6. The van der Waals surface area contributed by atoms with Crippen molar-refractivity contribution in [1.29, 1.82) is 0 Å². The second-order valence-electron chi connectivity index (χ2n) is 17.2. The summed E-state index contributed by atoms with van der Waals surface area (Å²) in [5.41, 5.74) is 0. The van der Waals surface area contributed by atoms with E-state index in [0.717, 1.165) is 32.1 Å². The lowest BCUT2D eigenvalue weighted by Gasteiger charge is -2.19. The fourth-order valence-corrected chi connectivity index (χ4v) is 7.72. The van der Waals surface area contributed by atoms with Crippen LogP contribution < -0.4 is 5.32 Å². The van der Waals surface area contributed by atoms with Crippen LogP contribution in [0.5, 0.6) is 0 Å². The van der Waals surface area contributed by atoms with Crippen LogP contribution >= 0.6 is 0 Å². The highest BCUT2D eigenvalue weighted by Crippen LogP contribution is 2.16. The quantitative estimate of drug-likeness (QED) is 0.0425. The minimum Gasteiger partial charge on any atom is -0.394 e. The highest BCUT2D eigenvalue weighted by atomic mass is 16.3. The molecule has 0 bridgehead atoms. The summed E-state index contributed by atoms with van der Waals surface area (Å²) in [5, 5.41) is 23.1. The van der Waals surface area contributed by atoms with Crippen molar-refractivity contribution in [2.75, 3.05) is 6.61 Å². The van der Waals surface area contributed by atoms with E-state index in [1.54, 1.807) is 6.08 Å². The van der Waals surface area contributed by atoms with Crippen LogP contribution in [0.2, 0.25) is 0 Å². The summed E-state index contributed by atoms with van der Waals surface area (Å²) in [7, 11) is 0. The molecule has 0 aliphatic carbocycles. The number of nitrogens with one attached hydrogen (secondary N) is 1. The molecule has 0 saturated carbocycles. The maximum absolute atomic E-state index is 12.4. The van der Waals surface area contributed by atoms with Gasteiger partial charge in [0.15, 0.2) is 0 Å². The number of rotatable bonds is 46. The molecular weight excluding hydrogens is 687 g/mol. The number of carbonyl (C=O) groups excluding carboxylic acids is 1. The molecule has 0 radical (unpaired) electrons. The minimum atomic E-state index is -0.864. The summed E-state index contributed by atoms with van der Waals surface area (Å²) >= 11 is 0. The van der Waals surface area contributed by atoms with Gasteiger partial charge in [-0.25, -0.2) is 0 Å². The molecule has 0 aromatic heterocycles. The van der Waals surface area contributed by atoms with E-state index in [4.69, 9.17) is 0 Å². The van der Waals surface area contributed by atoms with Gasteiger partial charge in [0, 0.05) is 6.42 Å². The molecular formula is C52H99NO3. The van der Waals surface area contributed by atoms with E-state index in [2.05, 4.69) is 43.5 Å². The Balaban J connectivity index is 3.56. The van der Waals surface area contributed by atoms with Crippen molar-refractivity contribution in [1.82, 2.24) is 5.32 Å². The van der Waals surface area contributed by atoms with Crippen molar-refractivity contribution >= 4 is 5.91 Å². The van der Waals surface area contributed by atoms with Gasteiger partial charge in [-0.05, 0) is 57.8 Å². The Labute approximate surface area is 351 Å². The van der Waals surface area contributed by atoms with Crippen LogP contribution in [-0.4, -0.2) is 34.9 Å². The Kier molecular flexibility index (Phi) is 46.8. The number of allylic oxidation sites excluding steroid dienone is 5. The van der Waals surface area contributed by atoms with E-state index in [9.17, 15) is 15.0 Å². The number of amides is 1.